The van der Waals surface area contributed by atoms with Crippen LogP contribution < -0.4 is 15.4 Å². The van der Waals surface area contributed by atoms with Crippen LogP contribution in [0.1, 0.15) is 0 Å². The first-order valence-electron chi connectivity index (χ1n) is 6.71. The molecule has 0 saturated carbocycles. The van der Waals surface area contributed by atoms with E-state index in [1.165, 1.54) is 6.33 Å². The number of nitrogen functional groups attached to an aromatic ring is 1. The fraction of sp³-hybridized carbons (Fsp3) is 0.429. The first-order valence-corrected chi connectivity index (χ1v) is 6.71. The Kier molecular flexibility index (Phi) is 3.31. The molecule has 0 amide bonds. The van der Waals surface area contributed by atoms with Gasteiger partial charge in [-0.1, -0.05) is 0 Å². The number of nitrogens with two attached hydrogens (primary N) is 1. The van der Waals surface area contributed by atoms with E-state index in [0.717, 1.165) is 48.5 Å². The van der Waals surface area contributed by atoms with Crippen LogP contribution >= 0.6 is 0 Å². The number of piperazine rings is 1. The molecule has 6 heteroatoms. The van der Waals surface area contributed by atoms with E-state index in [0.29, 0.717) is 5.82 Å². The third-order valence-corrected chi connectivity index (χ3v) is 3.81. The number of methoxy groups -OCH3 is 1. The average molecular weight is 273 g/mol. The van der Waals surface area contributed by atoms with Crippen LogP contribution in [-0.2, 0) is 0 Å². The van der Waals surface area contributed by atoms with E-state index in [9.17, 15) is 0 Å². The molecule has 2 N–H and O–H groups in total. The van der Waals surface area contributed by atoms with Crippen LogP contribution in [0.25, 0.3) is 10.9 Å². The lowest BCUT2D eigenvalue weighted by Gasteiger charge is -2.34. The first kappa shape index (κ1) is 12.9. The summed E-state index contributed by atoms with van der Waals surface area (Å²) in [7, 11) is 3.82. The van der Waals surface area contributed by atoms with Gasteiger partial charge >= 0.3 is 0 Å². The van der Waals surface area contributed by atoms with Crippen LogP contribution in [0.4, 0.5) is 11.5 Å². The van der Waals surface area contributed by atoms with Gasteiger partial charge in [-0.3, -0.25) is 0 Å². The zero-order valence-corrected chi connectivity index (χ0v) is 11.8. The molecule has 106 valence electrons. The molecule has 6 nitrogen and oxygen atoms in total. The lowest BCUT2D eigenvalue weighted by Crippen LogP contribution is -2.44. The van der Waals surface area contributed by atoms with E-state index < -0.39 is 0 Å². The highest BCUT2D eigenvalue weighted by Gasteiger charge is 2.19. The molecule has 0 radical (unpaired) electrons. The lowest BCUT2D eigenvalue weighted by atomic mass is 10.1. The molecule has 2 heterocycles. The summed E-state index contributed by atoms with van der Waals surface area (Å²) in [4.78, 5) is 13.0. The minimum absolute atomic E-state index is 0.484. The van der Waals surface area contributed by atoms with Crippen LogP contribution in [-0.4, -0.2) is 55.2 Å². The van der Waals surface area contributed by atoms with Crippen molar-refractivity contribution in [2.24, 2.45) is 0 Å². The Morgan fingerprint density at radius 1 is 1.15 bits per heavy atom. The minimum Gasteiger partial charge on any atom is -0.495 e. The van der Waals surface area contributed by atoms with Crippen molar-refractivity contribution in [2.45, 2.75) is 0 Å². The van der Waals surface area contributed by atoms with Crippen molar-refractivity contribution < 1.29 is 4.74 Å². The van der Waals surface area contributed by atoms with E-state index in [-0.39, 0.29) is 0 Å². The highest BCUT2D eigenvalue weighted by Crippen LogP contribution is 2.34. The molecule has 1 aromatic carbocycles. The molecule has 3 rings (SSSR count). The van der Waals surface area contributed by atoms with Crippen molar-refractivity contribution in [3.05, 3.63) is 18.5 Å². The standard InChI is InChI=1S/C14H19N5O/c1-18-3-5-19(6-4-18)12-8-11-10(7-13(12)20-2)14(15)17-9-16-11/h7-9H,3-6H2,1-2H3,(H2,15,16,17). The quantitative estimate of drug-likeness (QED) is 0.879. The van der Waals surface area contributed by atoms with E-state index in [1.54, 1.807) is 7.11 Å². The molecule has 0 aliphatic carbocycles. The number of hydrogen-bond donors (Lipinski definition) is 1. The SMILES string of the molecule is COc1cc2c(N)ncnc2cc1N1CCN(C)CC1. The number of benzene rings is 1. The van der Waals surface area contributed by atoms with Crippen LogP contribution in [0.3, 0.4) is 0 Å². The summed E-state index contributed by atoms with van der Waals surface area (Å²) < 4.78 is 5.52. The molecule has 0 spiro atoms. The Labute approximate surface area is 118 Å². The Morgan fingerprint density at radius 3 is 2.60 bits per heavy atom. The molecule has 0 unspecified atom stereocenters. The maximum Gasteiger partial charge on any atom is 0.143 e. The predicted molar refractivity (Wildman–Crippen MR) is 80.2 cm³/mol. The molecule has 2 aromatic rings. The summed E-state index contributed by atoms with van der Waals surface area (Å²) in [6.45, 7) is 4.07. The number of anilines is 2. The average Bonchev–Trinajstić information content (AvgIpc) is 2.47. The predicted octanol–water partition coefficient (Wildman–Crippen LogP) is 0.972. The fourth-order valence-corrected chi connectivity index (χ4v) is 2.55. The van der Waals surface area contributed by atoms with Gasteiger partial charge < -0.3 is 20.3 Å². The first-order chi connectivity index (χ1) is 9.69. The Hall–Kier alpha value is -2.08. The van der Waals surface area contributed by atoms with Gasteiger partial charge in [0.2, 0.25) is 0 Å². The summed E-state index contributed by atoms with van der Waals surface area (Å²) >= 11 is 0. The molecule has 1 aliphatic heterocycles. The lowest BCUT2D eigenvalue weighted by molar-refractivity contribution is 0.311. The van der Waals surface area contributed by atoms with Crippen LogP contribution in [0.2, 0.25) is 0 Å². The van der Waals surface area contributed by atoms with E-state index in [1.807, 2.05) is 12.1 Å². The molecular weight excluding hydrogens is 254 g/mol. The van der Waals surface area contributed by atoms with Gasteiger partial charge in [-0.15, -0.1) is 0 Å². The highest BCUT2D eigenvalue weighted by molar-refractivity contribution is 5.92. The molecular formula is C14H19N5O. The smallest absolute Gasteiger partial charge is 0.143 e. The number of rotatable bonds is 2. The molecule has 1 aliphatic rings. The van der Waals surface area contributed by atoms with E-state index in [2.05, 4.69) is 26.8 Å². The summed E-state index contributed by atoms with van der Waals surface area (Å²) in [5, 5.41) is 0.835. The van der Waals surface area contributed by atoms with Gasteiger partial charge in [0, 0.05) is 31.6 Å². The number of likely N-dealkylation sites (N-methyl/N-ethyl adjacent to an activating group) is 1. The number of nitrogens with zero attached hydrogens (tertiary/aromatic N) is 4. The Bertz CT molecular complexity index is 622. The van der Waals surface area contributed by atoms with Crippen molar-refractivity contribution in [3.63, 3.8) is 0 Å². The summed E-state index contributed by atoms with van der Waals surface area (Å²) in [6.07, 6.45) is 1.50. The van der Waals surface area contributed by atoms with Crippen LogP contribution in [0.5, 0.6) is 5.75 Å². The number of fused-ring (bicyclic) bond motifs is 1. The van der Waals surface area contributed by atoms with Gasteiger partial charge in [-0.25, -0.2) is 9.97 Å². The number of ether oxygens (including phenoxy) is 1. The molecule has 20 heavy (non-hydrogen) atoms. The molecule has 1 saturated heterocycles. The van der Waals surface area contributed by atoms with Gasteiger partial charge in [0.05, 0.1) is 18.3 Å². The van der Waals surface area contributed by atoms with Gasteiger partial charge in [0.15, 0.2) is 0 Å². The second kappa shape index (κ2) is 5.13. The second-order valence-electron chi connectivity index (χ2n) is 5.09. The Morgan fingerprint density at radius 2 is 1.90 bits per heavy atom. The van der Waals surface area contributed by atoms with Crippen molar-refractivity contribution in [1.29, 1.82) is 0 Å². The molecule has 0 bridgehead atoms. The summed E-state index contributed by atoms with van der Waals surface area (Å²) in [5.41, 5.74) is 7.83. The minimum atomic E-state index is 0.484. The molecule has 1 fully saturated rings. The van der Waals surface area contributed by atoms with Crippen LogP contribution in [0.15, 0.2) is 18.5 Å². The normalized spacial score (nSPS) is 16.6. The third kappa shape index (κ3) is 2.22. The van der Waals surface area contributed by atoms with Gasteiger partial charge in [-0.05, 0) is 19.2 Å². The molecule has 1 aromatic heterocycles. The number of hydrogen-bond acceptors (Lipinski definition) is 6. The summed E-state index contributed by atoms with van der Waals surface area (Å²) in [6, 6.07) is 3.97. The maximum absolute atomic E-state index is 5.90. The largest absolute Gasteiger partial charge is 0.495 e. The van der Waals surface area contributed by atoms with Crippen molar-refractivity contribution in [2.75, 3.05) is 51.0 Å². The van der Waals surface area contributed by atoms with Gasteiger partial charge in [0.25, 0.3) is 0 Å². The van der Waals surface area contributed by atoms with Crippen molar-refractivity contribution in [3.8, 4) is 5.75 Å². The van der Waals surface area contributed by atoms with Crippen LogP contribution in [0, 0.1) is 0 Å². The van der Waals surface area contributed by atoms with E-state index in [4.69, 9.17) is 10.5 Å². The van der Waals surface area contributed by atoms with Crippen molar-refractivity contribution >= 4 is 22.4 Å². The van der Waals surface area contributed by atoms with E-state index >= 15 is 0 Å². The maximum atomic E-state index is 5.90. The third-order valence-electron chi connectivity index (χ3n) is 3.81. The molecule has 0 atom stereocenters. The van der Waals surface area contributed by atoms with Gasteiger partial charge in [-0.2, -0.15) is 0 Å². The second-order valence-corrected chi connectivity index (χ2v) is 5.09. The zero-order valence-electron chi connectivity index (χ0n) is 11.8. The monoisotopic (exact) mass is 273 g/mol. The van der Waals surface area contributed by atoms with Crippen molar-refractivity contribution in [1.82, 2.24) is 14.9 Å². The Balaban J connectivity index is 2.05. The number of aromatic nitrogens is 2. The highest BCUT2D eigenvalue weighted by atomic mass is 16.5. The fourth-order valence-electron chi connectivity index (χ4n) is 2.55. The summed E-state index contributed by atoms with van der Waals surface area (Å²) in [5.74, 6) is 1.31. The topological polar surface area (TPSA) is 67.5 Å². The zero-order chi connectivity index (χ0) is 14.1. The van der Waals surface area contributed by atoms with Gasteiger partial charge in [0.1, 0.15) is 17.9 Å².